The highest BCUT2D eigenvalue weighted by Gasteiger charge is 2.58. The van der Waals surface area contributed by atoms with Gasteiger partial charge in [-0.1, -0.05) is 30.3 Å². The molecule has 6 nitrogen and oxygen atoms in total. The molecule has 2 aromatic carbocycles. The number of ether oxygens (including phenoxy) is 2. The first kappa shape index (κ1) is 19.8. The first-order valence-electron chi connectivity index (χ1n) is 10.1. The molecule has 0 bridgehead atoms. The zero-order valence-corrected chi connectivity index (χ0v) is 17.2. The Morgan fingerprint density at radius 3 is 2.43 bits per heavy atom. The summed E-state index contributed by atoms with van der Waals surface area (Å²) in [6, 6.07) is 14.4. The number of fused-ring (bicyclic) bond motifs is 2. The van der Waals surface area contributed by atoms with Crippen LogP contribution < -0.4 is 9.80 Å². The van der Waals surface area contributed by atoms with E-state index in [1.54, 1.807) is 17.0 Å². The maximum absolute atomic E-state index is 14.1. The molecule has 3 heterocycles. The van der Waals surface area contributed by atoms with Gasteiger partial charge in [0.05, 0.1) is 36.6 Å². The normalized spacial score (nSPS) is 26.6. The molecule has 2 fully saturated rings. The van der Waals surface area contributed by atoms with Gasteiger partial charge in [0, 0.05) is 31.7 Å². The molecule has 0 radical (unpaired) electrons. The van der Waals surface area contributed by atoms with E-state index in [0.29, 0.717) is 32.1 Å². The van der Waals surface area contributed by atoms with Gasteiger partial charge in [0.2, 0.25) is 0 Å². The van der Waals surface area contributed by atoms with Crippen molar-refractivity contribution in [2.24, 2.45) is 0 Å². The number of amides is 1. The Bertz CT molecular complexity index is 953. The Balaban J connectivity index is 1.31. The minimum Gasteiger partial charge on any atom is -0.367 e. The van der Waals surface area contributed by atoms with Crippen LogP contribution in [0.15, 0.2) is 48.5 Å². The molecule has 0 saturated carbocycles. The smallest absolute Gasteiger partial charge is 0.293 e. The van der Waals surface area contributed by atoms with Crippen molar-refractivity contribution in [3.63, 3.8) is 0 Å². The van der Waals surface area contributed by atoms with Crippen molar-refractivity contribution in [3.05, 3.63) is 59.9 Å². The highest BCUT2D eigenvalue weighted by molar-refractivity contribution is 6.18. The Morgan fingerprint density at radius 2 is 1.73 bits per heavy atom. The zero-order chi connectivity index (χ0) is 20.7. The molecular weight excluding hydrogens is 409 g/mol. The van der Waals surface area contributed by atoms with E-state index in [-0.39, 0.29) is 23.7 Å². The maximum atomic E-state index is 14.1. The van der Waals surface area contributed by atoms with E-state index in [0.717, 1.165) is 24.3 Å². The van der Waals surface area contributed by atoms with Gasteiger partial charge in [0.25, 0.3) is 11.7 Å². The van der Waals surface area contributed by atoms with Crippen molar-refractivity contribution in [1.29, 1.82) is 0 Å². The number of alkyl halides is 1. The third-order valence-electron chi connectivity index (χ3n) is 5.96. The zero-order valence-electron chi connectivity index (χ0n) is 16.5. The molecule has 5 rings (SSSR count). The molecule has 2 atom stereocenters. The number of halogens is 2. The second kappa shape index (κ2) is 7.81. The number of carbonyl (C=O) groups is 1. The summed E-state index contributed by atoms with van der Waals surface area (Å²) in [7, 11) is 0. The van der Waals surface area contributed by atoms with E-state index < -0.39 is 5.79 Å². The minimum absolute atomic E-state index is 0.207. The van der Waals surface area contributed by atoms with Gasteiger partial charge in [0.15, 0.2) is 0 Å². The lowest BCUT2D eigenvalue weighted by Crippen LogP contribution is -2.52. The monoisotopic (exact) mass is 431 g/mol. The van der Waals surface area contributed by atoms with Crippen molar-refractivity contribution in [2.45, 2.75) is 11.9 Å². The number of benzene rings is 2. The summed E-state index contributed by atoms with van der Waals surface area (Å²) in [5.41, 5.74) is 2.15. The van der Waals surface area contributed by atoms with E-state index in [2.05, 4.69) is 4.90 Å². The first-order valence-corrected chi connectivity index (χ1v) is 10.7. The van der Waals surface area contributed by atoms with Gasteiger partial charge in [-0.15, -0.1) is 11.6 Å². The second-order valence-electron chi connectivity index (χ2n) is 7.77. The minimum atomic E-state index is -1.40. The fourth-order valence-electron chi connectivity index (χ4n) is 4.41. The molecule has 2 saturated heterocycles. The number of nitrogens with zero attached hydrogens (tertiary/aromatic N) is 3. The van der Waals surface area contributed by atoms with Crippen LogP contribution >= 0.6 is 11.6 Å². The largest absolute Gasteiger partial charge is 0.367 e. The topological polar surface area (TPSA) is 45.3 Å². The van der Waals surface area contributed by atoms with Crippen molar-refractivity contribution in [1.82, 2.24) is 4.90 Å². The molecule has 3 aliphatic rings. The SMILES string of the molecule is O=C1N(CN2CCN(c3ccccc3F)CC2)c2ccccc2[C@@]12OC[C@@H](CCl)O2. The van der Waals surface area contributed by atoms with Crippen molar-refractivity contribution < 1.29 is 18.7 Å². The fraction of sp³-hybridized carbons (Fsp3) is 0.409. The molecule has 2 aromatic rings. The van der Waals surface area contributed by atoms with Crippen LogP contribution in [0.4, 0.5) is 15.8 Å². The van der Waals surface area contributed by atoms with Gasteiger partial charge in [0.1, 0.15) is 5.82 Å². The van der Waals surface area contributed by atoms with Crippen LogP contribution in [0.2, 0.25) is 0 Å². The Kier molecular flexibility index (Phi) is 5.14. The summed E-state index contributed by atoms with van der Waals surface area (Å²) < 4.78 is 26.0. The van der Waals surface area contributed by atoms with Crippen molar-refractivity contribution in [3.8, 4) is 0 Å². The van der Waals surface area contributed by atoms with Gasteiger partial charge in [-0.05, 0) is 18.2 Å². The van der Waals surface area contributed by atoms with Crippen LogP contribution in [0.5, 0.6) is 0 Å². The van der Waals surface area contributed by atoms with E-state index in [9.17, 15) is 9.18 Å². The predicted molar refractivity (Wildman–Crippen MR) is 112 cm³/mol. The fourth-order valence-corrected chi connectivity index (χ4v) is 4.56. The lowest BCUT2D eigenvalue weighted by molar-refractivity contribution is -0.185. The Morgan fingerprint density at radius 1 is 1.03 bits per heavy atom. The van der Waals surface area contributed by atoms with Crippen LogP contribution in [0.3, 0.4) is 0 Å². The lowest BCUT2D eigenvalue weighted by atomic mass is 10.1. The third-order valence-corrected chi connectivity index (χ3v) is 6.30. The highest BCUT2D eigenvalue weighted by Crippen LogP contribution is 2.47. The molecular formula is C22H23ClFN3O3. The molecule has 0 aliphatic carbocycles. The number of piperazine rings is 1. The summed E-state index contributed by atoms with van der Waals surface area (Å²) in [5, 5.41) is 0. The standard InChI is InChI=1S/C22H23ClFN3O3/c23-13-16-14-29-22(30-16)17-5-1-3-7-19(17)27(21(22)28)15-25-9-11-26(12-10-25)20-8-4-2-6-18(20)24/h1-8,16H,9-15H2/t16-,22+/m1/s1. The number of hydrogen-bond donors (Lipinski definition) is 0. The summed E-state index contributed by atoms with van der Waals surface area (Å²) in [4.78, 5) is 19.4. The molecule has 1 spiro atoms. The predicted octanol–water partition coefficient (Wildman–Crippen LogP) is 2.76. The Hall–Kier alpha value is -2.19. The quantitative estimate of drug-likeness (QED) is 0.697. The third kappa shape index (κ3) is 3.17. The average Bonchev–Trinajstić information content (AvgIpc) is 3.32. The molecule has 3 aliphatic heterocycles. The first-order chi connectivity index (χ1) is 14.6. The molecule has 158 valence electrons. The molecule has 30 heavy (non-hydrogen) atoms. The maximum Gasteiger partial charge on any atom is 0.293 e. The van der Waals surface area contributed by atoms with Gasteiger partial charge < -0.3 is 14.4 Å². The van der Waals surface area contributed by atoms with E-state index in [4.69, 9.17) is 21.1 Å². The van der Waals surface area contributed by atoms with Crippen molar-refractivity contribution >= 4 is 28.9 Å². The molecule has 0 N–H and O–H groups in total. The van der Waals surface area contributed by atoms with Crippen molar-refractivity contribution in [2.75, 3.05) is 55.1 Å². The van der Waals surface area contributed by atoms with Crippen LogP contribution in [-0.4, -0.2) is 62.2 Å². The number of hydrogen-bond acceptors (Lipinski definition) is 5. The summed E-state index contributed by atoms with van der Waals surface area (Å²) in [6.45, 7) is 3.55. The van der Waals surface area contributed by atoms with Crippen LogP contribution in [-0.2, 0) is 20.1 Å². The van der Waals surface area contributed by atoms with Gasteiger partial charge in [-0.25, -0.2) is 4.39 Å². The highest BCUT2D eigenvalue weighted by atomic mass is 35.5. The van der Waals surface area contributed by atoms with Gasteiger partial charge >= 0.3 is 0 Å². The summed E-state index contributed by atoms with van der Waals surface area (Å²) in [6.07, 6.45) is -0.312. The average molecular weight is 432 g/mol. The van der Waals surface area contributed by atoms with Crippen LogP contribution in [0.1, 0.15) is 5.56 Å². The van der Waals surface area contributed by atoms with E-state index >= 15 is 0 Å². The number of para-hydroxylation sites is 2. The van der Waals surface area contributed by atoms with Gasteiger partial charge in [-0.3, -0.25) is 14.6 Å². The molecule has 0 unspecified atom stereocenters. The summed E-state index contributed by atoms with van der Waals surface area (Å²) >= 11 is 5.94. The second-order valence-corrected chi connectivity index (χ2v) is 8.08. The van der Waals surface area contributed by atoms with Crippen LogP contribution in [0.25, 0.3) is 0 Å². The molecule has 8 heteroatoms. The number of carbonyl (C=O) groups excluding carboxylic acids is 1. The van der Waals surface area contributed by atoms with Gasteiger partial charge in [-0.2, -0.15) is 0 Å². The van der Waals surface area contributed by atoms with E-state index in [1.165, 1.54) is 6.07 Å². The summed E-state index contributed by atoms with van der Waals surface area (Å²) in [5.74, 6) is -1.55. The lowest BCUT2D eigenvalue weighted by Gasteiger charge is -2.38. The molecule has 0 aromatic heterocycles. The van der Waals surface area contributed by atoms with Crippen LogP contribution in [0, 0.1) is 5.82 Å². The number of rotatable bonds is 4. The van der Waals surface area contributed by atoms with E-state index in [1.807, 2.05) is 35.2 Å². The number of anilines is 2. The Labute approximate surface area is 179 Å². The molecule has 1 amide bonds.